The SMILES string of the molecule is CC.CCC[CH2][Sn]([CH3])([CH2]CCC)[CH2]CCC.Cc1csc(C=O)c1.Cc1csc2cc[nH]c(=O)c12.Cc1csc2ccnc(Cl)c12.Cc1csc2ccnc(N)c12.Cc1csc2ccnc(N)c12. The fourth-order valence-electron chi connectivity index (χ4n) is 7.26. The van der Waals surface area contributed by atoms with Crippen LogP contribution in [0, 0.1) is 34.6 Å². The molecule has 0 aliphatic carbocycles. The zero-order chi connectivity index (χ0) is 50.2. The first-order valence-electron chi connectivity index (χ1n) is 23.4. The van der Waals surface area contributed by atoms with Gasteiger partial charge in [-0.25, -0.2) is 15.0 Å². The first-order valence-corrected chi connectivity index (χ1v) is 37.1. The molecule has 9 rings (SSSR count). The van der Waals surface area contributed by atoms with Crippen LogP contribution in [0.25, 0.3) is 40.3 Å². The van der Waals surface area contributed by atoms with Crippen molar-refractivity contribution in [1.29, 1.82) is 0 Å². The number of hydrogen-bond acceptors (Lipinski definition) is 12. The molecular formula is C53H71ClN6O2S5Sn. The second kappa shape index (κ2) is 30.8. The maximum Gasteiger partial charge on any atom is 0.256 e. The Morgan fingerprint density at radius 3 is 1.35 bits per heavy atom. The molecule has 0 spiro atoms. The summed E-state index contributed by atoms with van der Waals surface area (Å²) in [5.74, 6) is 1.28. The second-order valence-corrected chi connectivity index (χ2v) is 36.2. The molecule has 0 saturated carbocycles. The molecule has 0 atom stereocenters. The largest absolute Gasteiger partial charge is 0.383 e. The smallest absolute Gasteiger partial charge is 0.256 e. The second-order valence-electron chi connectivity index (χ2n) is 16.6. The van der Waals surface area contributed by atoms with Crippen molar-refractivity contribution in [2.75, 3.05) is 11.5 Å². The van der Waals surface area contributed by atoms with Crippen molar-refractivity contribution in [2.45, 2.75) is 126 Å². The molecule has 0 aromatic carbocycles. The van der Waals surface area contributed by atoms with Gasteiger partial charge in [-0.15, -0.1) is 56.7 Å². The standard InChI is InChI=1S/C8H6ClNS.2C8H8N2S.C8H7NOS.C6H6OS.3C4H9.C2H6.CH3.Sn/c3*1-5-4-11-6-2-3-10-8(9)7(5)6;1-5-4-11-6-2-3-9-8(10)7(5)6;1-5-2-6(3-7)8-4-5;3*1-3-4-2;1-2;;/h2-4H,1H3;2*2-4H,1H3,(H2,9,10);2-4H,1H3,(H,9,10);2-4H,1H3;3*1,3-4H2,2H3;1-2H3;1H3;. The molecule has 0 saturated heterocycles. The fraction of sp³-hybridized carbons (Fsp3) is 0.377. The van der Waals surface area contributed by atoms with E-state index in [-0.39, 0.29) is 5.56 Å². The number of nitrogen functional groups attached to an aromatic ring is 2. The number of pyridine rings is 4. The number of carbonyl (C=O) groups excluding carboxylic acids is 1. The van der Waals surface area contributed by atoms with Gasteiger partial charge in [-0.05, 0) is 120 Å². The Bertz CT molecular complexity index is 2720. The van der Waals surface area contributed by atoms with Crippen molar-refractivity contribution in [3.63, 3.8) is 0 Å². The van der Waals surface area contributed by atoms with E-state index in [0.717, 1.165) is 48.5 Å². The normalized spacial score (nSPS) is 10.5. The summed E-state index contributed by atoms with van der Waals surface area (Å²) in [6.45, 7) is 21.1. The number of aldehydes is 1. The molecule has 9 heterocycles. The molecule has 366 valence electrons. The van der Waals surface area contributed by atoms with Crippen molar-refractivity contribution in [3.8, 4) is 0 Å². The summed E-state index contributed by atoms with van der Waals surface area (Å²) >= 11 is 12.5. The predicted molar refractivity (Wildman–Crippen MR) is 311 cm³/mol. The number of hydrogen-bond donors (Lipinski definition) is 3. The van der Waals surface area contributed by atoms with Crippen LogP contribution in [-0.2, 0) is 0 Å². The average molecular weight is 1140 g/mol. The Hall–Kier alpha value is -3.70. The number of anilines is 2. The van der Waals surface area contributed by atoms with E-state index in [2.05, 4.69) is 75.6 Å². The number of aryl methyl sites for hydroxylation is 5. The molecule has 0 aliphatic rings. The van der Waals surface area contributed by atoms with E-state index in [9.17, 15) is 9.59 Å². The summed E-state index contributed by atoms with van der Waals surface area (Å²) < 4.78 is 9.68. The fourth-order valence-corrected chi connectivity index (χ4v) is 24.6. The summed E-state index contributed by atoms with van der Waals surface area (Å²) in [5, 5.41) is 15.0. The summed E-state index contributed by atoms with van der Waals surface area (Å²) in [4.78, 5) is 39.5. The van der Waals surface area contributed by atoms with Gasteiger partial charge in [0, 0.05) is 59.7 Å². The van der Waals surface area contributed by atoms with Gasteiger partial charge in [-0.3, -0.25) is 9.59 Å². The molecule has 0 unspecified atom stereocenters. The van der Waals surface area contributed by atoms with E-state index < -0.39 is 18.4 Å². The maximum atomic E-state index is 11.2. The molecule has 0 fully saturated rings. The molecule has 0 radical (unpaired) electrons. The molecule has 9 aromatic heterocycles. The number of nitrogens with zero attached hydrogens (tertiary/aromatic N) is 3. The maximum absolute atomic E-state index is 11.2. The third kappa shape index (κ3) is 17.9. The minimum atomic E-state index is -1.56. The number of thiophene rings is 5. The van der Waals surface area contributed by atoms with Crippen LogP contribution in [0.1, 0.15) is 111 Å². The van der Waals surface area contributed by atoms with Crippen LogP contribution < -0.4 is 17.0 Å². The zero-order valence-electron chi connectivity index (χ0n) is 41.8. The van der Waals surface area contributed by atoms with Gasteiger partial charge in [0.05, 0.1) is 10.3 Å². The van der Waals surface area contributed by atoms with E-state index in [4.69, 9.17) is 23.1 Å². The Morgan fingerprint density at radius 2 is 1.00 bits per heavy atom. The van der Waals surface area contributed by atoms with E-state index in [1.807, 2.05) is 75.7 Å². The van der Waals surface area contributed by atoms with Crippen LogP contribution in [0.5, 0.6) is 0 Å². The third-order valence-corrected chi connectivity index (χ3v) is 29.9. The Kier molecular flexibility index (Phi) is 26.6. The van der Waals surface area contributed by atoms with Gasteiger partial charge < -0.3 is 16.5 Å². The van der Waals surface area contributed by atoms with Crippen LogP contribution >= 0.6 is 68.3 Å². The minimum absolute atomic E-state index is 0.0150. The van der Waals surface area contributed by atoms with Crippen molar-refractivity contribution >= 4 is 145 Å². The number of H-pyrrole nitrogens is 1. The number of aromatic amines is 1. The van der Waals surface area contributed by atoms with Crippen molar-refractivity contribution < 1.29 is 4.79 Å². The van der Waals surface area contributed by atoms with Crippen molar-refractivity contribution in [2.24, 2.45) is 0 Å². The Labute approximate surface area is 433 Å². The third-order valence-electron chi connectivity index (χ3n) is 11.0. The molecule has 8 nitrogen and oxygen atoms in total. The van der Waals surface area contributed by atoms with Gasteiger partial charge in [0.15, 0.2) is 6.29 Å². The van der Waals surface area contributed by atoms with Crippen LogP contribution in [-0.4, -0.2) is 44.6 Å². The zero-order valence-corrected chi connectivity index (χ0v) is 49.4. The molecule has 0 bridgehead atoms. The minimum Gasteiger partial charge on any atom is -0.383 e. The molecule has 9 aromatic rings. The van der Waals surface area contributed by atoms with Crippen molar-refractivity contribution in [3.05, 3.63) is 130 Å². The van der Waals surface area contributed by atoms with Gasteiger partial charge >= 0.3 is 95.9 Å². The van der Waals surface area contributed by atoms with Gasteiger partial charge in [0.2, 0.25) is 0 Å². The molecule has 68 heavy (non-hydrogen) atoms. The number of fused-ring (bicyclic) bond motifs is 4. The summed E-state index contributed by atoms with van der Waals surface area (Å²) in [6, 6.07) is 9.76. The van der Waals surface area contributed by atoms with Crippen LogP contribution in [0.2, 0.25) is 23.4 Å². The van der Waals surface area contributed by atoms with Gasteiger partial charge in [-0.2, -0.15) is 0 Å². The molecule has 15 heteroatoms. The number of aromatic nitrogens is 4. The summed E-state index contributed by atoms with van der Waals surface area (Å²) in [5.41, 5.74) is 17.3. The Balaban J connectivity index is 0.000000215. The molecular weight excluding hydrogens is 1070 g/mol. The molecule has 5 N–H and O–H groups in total. The van der Waals surface area contributed by atoms with Crippen LogP contribution in [0.3, 0.4) is 0 Å². The number of nitrogens with two attached hydrogens (primary N) is 2. The first-order chi connectivity index (χ1) is 32.7. The predicted octanol–water partition coefficient (Wildman–Crippen LogP) is 17.9. The molecule has 0 aliphatic heterocycles. The summed E-state index contributed by atoms with van der Waals surface area (Å²) in [7, 11) is 0. The number of rotatable bonds is 10. The van der Waals surface area contributed by atoms with Crippen LogP contribution in [0.15, 0.2) is 86.8 Å². The summed E-state index contributed by atoms with van der Waals surface area (Å²) in [6.07, 6.45) is 16.5. The van der Waals surface area contributed by atoms with Crippen LogP contribution in [0.4, 0.5) is 11.6 Å². The first kappa shape index (κ1) is 58.6. The number of carbonyl (C=O) groups is 1. The van der Waals surface area contributed by atoms with E-state index in [0.29, 0.717) is 16.8 Å². The topological polar surface area (TPSA) is 141 Å². The number of nitrogens with one attached hydrogen (secondary N) is 1. The van der Waals surface area contributed by atoms with Gasteiger partial charge in [0.1, 0.15) is 16.8 Å². The van der Waals surface area contributed by atoms with Gasteiger partial charge in [-0.1, -0.05) is 25.4 Å². The average Bonchev–Trinajstić information content (AvgIpc) is 4.20. The van der Waals surface area contributed by atoms with Gasteiger partial charge in [0.25, 0.3) is 5.56 Å². The van der Waals surface area contributed by atoms with E-state index in [1.165, 1.54) is 80.7 Å². The monoisotopic (exact) mass is 1140 g/mol. The van der Waals surface area contributed by atoms with Crippen molar-refractivity contribution in [1.82, 2.24) is 19.9 Å². The van der Waals surface area contributed by atoms with E-state index >= 15 is 0 Å². The quantitative estimate of drug-likeness (QED) is 0.0703. The van der Waals surface area contributed by atoms with E-state index in [1.54, 1.807) is 83.4 Å². The number of unbranched alkanes of at least 4 members (excludes halogenated alkanes) is 3. The molecule has 0 amide bonds. The number of halogens is 1. The Morgan fingerprint density at radius 1 is 0.603 bits per heavy atom.